The number of carbonyl (C=O) groups excluding carboxylic acids is 3. The number of alkyl halides is 3. The first-order chi connectivity index (χ1) is 23.5. The van der Waals surface area contributed by atoms with E-state index in [2.05, 4.69) is 15.5 Å². The van der Waals surface area contributed by atoms with E-state index in [1.807, 2.05) is 29.2 Å². The number of anilines is 2. The van der Waals surface area contributed by atoms with Gasteiger partial charge in [0.15, 0.2) is 0 Å². The van der Waals surface area contributed by atoms with Crippen molar-refractivity contribution in [2.75, 3.05) is 70.1 Å². The third kappa shape index (κ3) is 8.18. The minimum Gasteiger partial charge on any atom is -0.397 e. The molecule has 6 rings (SSSR count). The first-order valence-electron chi connectivity index (χ1n) is 16.9. The predicted octanol–water partition coefficient (Wildman–Crippen LogP) is 4.44. The minimum absolute atomic E-state index is 0.0700. The van der Waals surface area contributed by atoms with Crippen molar-refractivity contribution < 1.29 is 32.3 Å². The van der Waals surface area contributed by atoms with Gasteiger partial charge in [-0.1, -0.05) is 29.8 Å². The van der Waals surface area contributed by atoms with Crippen LogP contribution in [-0.4, -0.2) is 115 Å². The zero-order valence-electron chi connectivity index (χ0n) is 27.3. The fourth-order valence-electron chi connectivity index (χ4n) is 7.36. The van der Waals surface area contributed by atoms with Gasteiger partial charge in [0.1, 0.15) is 6.04 Å². The van der Waals surface area contributed by atoms with Crippen LogP contribution in [0.4, 0.5) is 34.1 Å². The number of hydrogen-bond donors (Lipinski definition) is 3. The highest BCUT2D eigenvalue weighted by atomic mass is 35.5. The number of ether oxygens (including phenoxy) is 1. The third-order valence-corrected chi connectivity index (χ3v) is 10.5. The van der Waals surface area contributed by atoms with Gasteiger partial charge in [-0.3, -0.25) is 9.69 Å². The number of likely N-dealkylation sites (tertiary alicyclic amines) is 1. The topological polar surface area (TPSA) is 123 Å². The van der Waals surface area contributed by atoms with Crippen LogP contribution >= 0.6 is 11.6 Å². The van der Waals surface area contributed by atoms with Crippen molar-refractivity contribution in [2.45, 2.75) is 62.8 Å². The monoisotopic (exact) mass is 705 g/mol. The zero-order valence-corrected chi connectivity index (χ0v) is 28.1. The van der Waals surface area contributed by atoms with Gasteiger partial charge in [0, 0.05) is 76.6 Å². The second-order valence-electron chi connectivity index (χ2n) is 13.2. The average molecular weight is 706 g/mol. The summed E-state index contributed by atoms with van der Waals surface area (Å²) < 4.78 is 47.0. The molecule has 4 heterocycles. The summed E-state index contributed by atoms with van der Waals surface area (Å²) in [5.74, 6) is -0.370. The maximum absolute atomic E-state index is 14.0. The summed E-state index contributed by atoms with van der Waals surface area (Å²) in [5, 5.41) is 5.56. The number of fused-ring (bicyclic) bond motifs is 1. The van der Waals surface area contributed by atoms with Gasteiger partial charge in [0.05, 0.1) is 22.9 Å². The number of nitrogen functional groups attached to an aromatic ring is 1. The van der Waals surface area contributed by atoms with Crippen LogP contribution < -0.4 is 16.4 Å². The summed E-state index contributed by atoms with van der Waals surface area (Å²) in [6, 6.07) is 8.35. The summed E-state index contributed by atoms with van der Waals surface area (Å²) in [6.07, 6.45) is -1.13. The smallest absolute Gasteiger partial charge is 0.397 e. The highest BCUT2D eigenvalue weighted by Gasteiger charge is 2.37. The van der Waals surface area contributed by atoms with Gasteiger partial charge in [-0.05, 0) is 61.4 Å². The van der Waals surface area contributed by atoms with E-state index < -0.39 is 29.5 Å². The van der Waals surface area contributed by atoms with Crippen molar-refractivity contribution in [3.63, 3.8) is 0 Å². The number of nitrogens with one attached hydrogen (secondary N) is 2. The van der Waals surface area contributed by atoms with Gasteiger partial charge in [-0.2, -0.15) is 13.2 Å². The third-order valence-electron chi connectivity index (χ3n) is 10.1. The zero-order chi connectivity index (χ0) is 34.7. The largest absolute Gasteiger partial charge is 0.418 e. The number of benzene rings is 2. The van der Waals surface area contributed by atoms with E-state index in [0.29, 0.717) is 71.7 Å². The number of carbonyl (C=O) groups is 3. The molecule has 0 saturated carbocycles. The fourth-order valence-corrected chi connectivity index (χ4v) is 7.60. The van der Waals surface area contributed by atoms with Gasteiger partial charge >= 0.3 is 18.2 Å². The second kappa shape index (κ2) is 15.0. The number of nitrogens with two attached hydrogens (primary N) is 1. The molecule has 2 aromatic carbocycles. The molecule has 4 aliphatic heterocycles. The molecule has 3 saturated heterocycles. The lowest BCUT2D eigenvalue weighted by Crippen LogP contribution is -2.59. The number of para-hydroxylation sites is 1. The predicted molar refractivity (Wildman–Crippen MR) is 179 cm³/mol. The Morgan fingerprint density at radius 2 is 1.73 bits per heavy atom. The lowest BCUT2D eigenvalue weighted by Gasteiger charge is -2.41. The Balaban J connectivity index is 1.12. The molecular weight excluding hydrogens is 663 g/mol. The van der Waals surface area contributed by atoms with Crippen molar-refractivity contribution >= 4 is 40.9 Å². The van der Waals surface area contributed by atoms with E-state index in [9.17, 15) is 27.6 Å². The van der Waals surface area contributed by atoms with E-state index in [1.54, 1.807) is 9.80 Å². The number of urea groups is 2. The number of halogens is 4. The van der Waals surface area contributed by atoms with Crippen molar-refractivity contribution in [3.05, 3.63) is 58.1 Å². The molecule has 0 aromatic heterocycles. The Bertz CT molecular complexity index is 1520. The molecule has 2 atom stereocenters. The molecule has 3 fully saturated rings. The molecule has 11 nitrogen and oxygen atoms in total. The lowest BCUT2D eigenvalue weighted by molar-refractivity contribution is -0.137. The van der Waals surface area contributed by atoms with E-state index in [4.69, 9.17) is 22.1 Å². The van der Waals surface area contributed by atoms with Gasteiger partial charge in [-0.15, -0.1) is 0 Å². The molecule has 0 bridgehead atoms. The highest BCUT2D eigenvalue weighted by Crippen LogP contribution is 2.38. The standard InChI is InChI=1S/C34H43ClF3N7O4/c35-27-19-22(18-26(30(27)39)34(36,37)38)20-29(31(46)43-15-13-42(14-16-43)25-5-3-17-49-21-25)41-32(47)44-10-8-24(9-11-44)45-12-7-23-4-1-2-6-28(23)40-33(45)48/h1-2,4,6,18-19,24-25,29H,3,5,7-17,20-21,39H2,(H,40,48)(H,41,47)/t25?,29-/m1/s1. The van der Waals surface area contributed by atoms with Crippen LogP contribution in [-0.2, 0) is 28.5 Å². The summed E-state index contributed by atoms with van der Waals surface area (Å²) in [6.45, 7) is 4.77. The van der Waals surface area contributed by atoms with E-state index in [1.165, 1.54) is 6.07 Å². The quantitative estimate of drug-likeness (QED) is 0.382. The van der Waals surface area contributed by atoms with Gasteiger partial charge in [0.25, 0.3) is 0 Å². The van der Waals surface area contributed by atoms with Crippen LogP contribution in [0.25, 0.3) is 0 Å². The Morgan fingerprint density at radius 1 is 1.00 bits per heavy atom. The molecule has 0 radical (unpaired) electrons. The van der Waals surface area contributed by atoms with Crippen LogP contribution in [0.3, 0.4) is 0 Å². The molecule has 2 aromatic rings. The van der Waals surface area contributed by atoms with Crippen molar-refractivity contribution in [2.24, 2.45) is 0 Å². The van der Waals surface area contributed by atoms with Crippen molar-refractivity contribution in [3.8, 4) is 0 Å². The van der Waals surface area contributed by atoms with Crippen LogP contribution in [0.1, 0.15) is 42.4 Å². The van der Waals surface area contributed by atoms with Crippen LogP contribution in [0.5, 0.6) is 0 Å². The average Bonchev–Trinajstić information content (AvgIpc) is 3.27. The first kappa shape index (κ1) is 35.1. The summed E-state index contributed by atoms with van der Waals surface area (Å²) >= 11 is 6.11. The van der Waals surface area contributed by atoms with E-state index >= 15 is 0 Å². The molecule has 266 valence electrons. The van der Waals surface area contributed by atoms with Crippen molar-refractivity contribution in [1.82, 2.24) is 24.9 Å². The van der Waals surface area contributed by atoms with E-state index in [0.717, 1.165) is 36.8 Å². The van der Waals surface area contributed by atoms with Crippen molar-refractivity contribution in [1.29, 1.82) is 0 Å². The Kier molecular flexibility index (Phi) is 10.8. The molecule has 4 aliphatic rings. The van der Waals surface area contributed by atoms with Crippen LogP contribution in [0, 0.1) is 0 Å². The Hall–Kier alpha value is -3.75. The summed E-state index contributed by atoms with van der Waals surface area (Å²) in [4.78, 5) is 48.1. The number of piperazine rings is 1. The molecule has 5 amide bonds. The van der Waals surface area contributed by atoms with Gasteiger partial charge in [-0.25, -0.2) is 9.59 Å². The number of rotatable bonds is 6. The number of nitrogens with zero attached hydrogens (tertiary/aromatic N) is 4. The summed E-state index contributed by atoms with van der Waals surface area (Å²) in [7, 11) is 0. The van der Waals surface area contributed by atoms with E-state index in [-0.39, 0.29) is 41.0 Å². The molecule has 0 aliphatic carbocycles. The number of amides is 5. The summed E-state index contributed by atoms with van der Waals surface area (Å²) in [5.41, 5.74) is 5.99. The molecule has 4 N–H and O–H groups in total. The number of hydrogen-bond acceptors (Lipinski definition) is 6. The molecule has 15 heteroatoms. The second-order valence-corrected chi connectivity index (χ2v) is 13.6. The lowest BCUT2D eigenvalue weighted by atomic mass is 10.00. The highest BCUT2D eigenvalue weighted by molar-refractivity contribution is 6.33. The molecule has 0 spiro atoms. The van der Waals surface area contributed by atoms with Crippen LogP contribution in [0.2, 0.25) is 5.02 Å². The van der Waals surface area contributed by atoms with Gasteiger partial charge in [0.2, 0.25) is 5.91 Å². The minimum atomic E-state index is -4.75. The Labute approximate surface area is 288 Å². The maximum Gasteiger partial charge on any atom is 0.418 e. The van der Waals surface area contributed by atoms with Gasteiger partial charge < -0.3 is 35.8 Å². The normalized spacial score (nSPS) is 21.8. The number of piperidine rings is 1. The first-order valence-corrected chi connectivity index (χ1v) is 17.3. The molecular formula is C34H43ClF3N7O4. The van der Waals surface area contributed by atoms with Crippen LogP contribution in [0.15, 0.2) is 36.4 Å². The fraction of sp³-hybridized carbons (Fsp3) is 0.559. The Morgan fingerprint density at radius 3 is 2.43 bits per heavy atom. The maximum atomic E-state index is 14.0. The molecule has 1 unspecified atom stereocenters. The SMILES string of the molecule is Nc1c(Cl)cc(C[C@@H](NC(=O)N2CCC(N3CCc4ccccc4NC3=O)CC2)C(=O)N2CCN(C3CCCOC3)CC2)cc1C(F)(F)F. The molecule has 49 heavy (non-hydrogen) atoms.